The van der Waals surface area contributed by atoms with Crippen molar-refractivity contribution in [3.8, 4) is 40.7 Å². The van der Waals surface area contributed by atoms with Crippen LogP contribution in [0.1, 0.15) is 104 Å². The van der Waals surface area contributed by atoms with Crippen LogP contribution >= 0.6 is 0 Å². The number of benzene rings is 5. The average Bonchev–Trinajstić information content (AvgIpc) is 3.74. The van der Waals surface area contributed by atoms with E-state index < -0.39 is 5.97 Å². The van der Waals surface area contributed by atoms with Crippen LogP contribution in [0.15, 0.2) is 133 Å². The summed E-state index contributed by atoms with van der Waals surface area (Å²) in [4.78, 5) is 48.8. The van der Waals surface area contributed by atoms with E-state index in [9.17, 15) is 19.2 Å². The molecule has 386 valence electrons. The van der Waals surface area contributed by atoms with Crippen LogP contribution in [0.5, 0.6) is 17.2 Å². The van der Waals surface area contributed by atoms with Crippen LogP contribution in [0.2, 0.25) is 0 Å². The van der Waals surface area contributed by atoms with Gasteiger partial charge in [0.15, 0.2) is 5.78 Å². The van der Waals surface area contributed by atoms with Crippen LogP contribution in [0, 0.1) is 24.2 Å². The van der Waals surface area contributed by atoms with Gasteiger partial charge in [0.05, 0.1) is 57.8 Å². The molecule has 74 heavy (non-hydrogen) atoms. The highest BCUT2D eigenvalue weighted by Gasteiger charge is 2.31. The van der Waals surface area contributed by atoms with E-state index in [1.165, 1.54) is 11.1 Å². The molecular weight excluding hydrogens is 937 g/mol. The van der Waals surface area contributed by atoms with E-state index in [2.05, 4.69) is 48.4 Å². The molecule has 0 heterocycles. The minimum Gasteiger partial charge on any atom is -0.494 e. The van der Waals surface area contributed by atoms with Crippen molar-refractivity contribution in [3.05, 3.63) is 161 Å². The minimum atomic E-state index is -0.687. The molecule has 13 nitrogen and oxygen atoms in total. The number of hydrogen-bond acceptors (Lipinski definition) is 13. The molecular formula is C61H66N2O11. The summed E-state index contributed by atoms with van der Waals surface area (Å²) in [5, 5.41) is 4.76. The van der Waals surface area contributed by atoms with Crippen LogP contribution in [-0.4, -0.2) is 69.5 Å². The lowest BCUT2D eigenvalue weighted by Crippen LogP contribution is -2.29. The number of unbranched alkanes of at least 4 members (excludes halogenated alkanes) is 3. The Morgan fingerprint density at radius 3 is 1.91 bits per heavy atom. The zero-order valence-corrected chi connectivity index (χ0v) is 42.2. The lowest BCUT2D eigenvalue weighted by molar-refractivity contribution is -0.150. The Bertz CT molecular complexity index is 2690. The van der Waals surface area contributed by atoms with Crippen molar-refractivity contribution in [1.82, 2.24) is 5.43 Å². The van der Waals surface area contributed by atoms with E-state index in [0.717, 1.165) is 64.8 Å². The third kappa shape index (κ3) is 16.4. The van der Waals surface area contributed by atoms with Crippen LogP contribution < -0.4 is 19.6 Å². The van der Waals surface area contributed by atoms with Crippen LogP contribution in [-0.2, 0) is 57.8 Å². The van der Waals surface area contributed by atoms with Crippen molar-refractivity contribution in [1.29, 1.82) is 0 Å². The zero-order valence-electron chi connectivity index (χ0n) is 42.2. The maximum absolute atomic E-state index is 13.3. The largest absolute Gasteiger partial charge is 0.494 e. The second-order valence-corrected chi connectivity index (χ2v) is 18.5. The third-order valence-corrected chi connectivity index (χ3v) is 13.0. The molecule has 0 radical (unpaired) electrons. The number of nitrogens with one attached hydrogen (secondary N) is 1. The lowest BCUT2D eigenvalue weighted by atomic mass is 9.80. The molecule has 1 fully saturated rings. The van der Waals surface area contributed by atoms with Gasteiger partial charge in [-0.15, -0.1) is 6.42 Å². The van der Waals surface area contributed by atoms with E-state index in [4.69, 9.17) is 44.7 Å². The molecule has 13 heteroatoms. The summed E-state index contributed by atoms with van der Waals surface area (Å²) >= 11 is 0. The number of nitrogens with zero attached hydrogens (tertiary/aromatic N) is 1. The predicted octanol–water partition coefficient (Wildman–Crippen LogP) is 10.6. The number of ether oxygens (including phenoxy) is 7. The maximum atomic E-state index is 13.3. The molecule has 1 saturated carbocycles. The topological polar surface area (TPSA) is 157 Å². The number of hydrogen-bond donors (Lipinski definition) is 1. The quantitative estimate of drug-likeness (QED) is 0.00708. The second kappa shape index (κ2) is 28.5. The van der Waals surface area contributed by atoms with E-state index in [-0.39, 0.29) is 62.0 Å². The molecule has 0 bridgehead atoms. The molecule has 0 spiro atoms. The first-order valence-corrected chi connectivity index (χ1v) is 25.5. The van der Waals surface area contributed by atoms with Gasteiger partial charge in [-0.05, 0) is 134 Å². The Morgan fingerprint density at radius 2 is 1.24 bits per heavy atom. The van der Waals surface area contributed by atoms with Crippen molar-refractivity contribution in [3.63, 3.8) is 0 Å². The van der Waals surface area contributed by atoms with Gasteiger partial charge in [0.25, 0.3) is 0 Å². The molecule has 2 aliphatic rings. The van der Waals surface area contributed by atoms with Gasteiger partial charge in [0, 0.05) is 35.8 Å². The van der Waals surface area contributed by atoms with Crippen LogP contribution in [0.4, 0.5) is 0 Å². The van der Waals surface area contributed by atoms with E-state index in [1.807, 2.05) is 84.8 Å². The van der Waals surface area contributed by atoms with Gasteiger partial charge in [0.1, 0.15) is 30.5 Å². The standard InChI is InChI=1S/C61H66N2O11/c1-4-58(65)71-36-13-35-70-50-27-18-44(19-28-50)32-37-73-61(67)48-25-23-47(24-26-48)56(64)42-68-40-46-22-31-57(49(38-46)39-62-63-59-54-16-9-7-14-52(54)53-15-8-10-17-55(53)59)74-41-45-20-29-51(30-21-45)69-33-11-5-6-12-34-72-60(66)43(2)3/h1,7-10,14-22,27-31,38-39,47-48,59,63H,2,5-6,11-13,23-26,32-37,40-42H2,3H3/b62-39+. The van der Waals surface area contributed by atoms with Crippen LogP contribution in [0.25, 0.3) is 11.1 Å². The Hall–Kier alpha value is -7.69. The summed E-state index contributed by atoms with van der Waals surface area (Å²) in [5.74, 6) is 2.39. The van der Waals surface area contributed by atoms with Crippen molar-refractivity contribution < 1.29 is 52.3 Å². The third-order valence-electron chi connectivity index (χ3n) is 13.0. The van der Waals surface area contributed by atoms with Crippen molar-refractivity contribution >= 4 is 29.9 Å². The van der Waals surface area contributed by atoms with Gasteiger partial charge in [-0.3, -0.25) is 15.0 Å². The van der Waals surface area contributed by atoms with Gasteiger partial charge in [0.2, 0.25) is 0 Å². The fourth-order valence-corrected chi connectivity index (χ4v) is 8.91. The number of ketones is 1. The zero-order chi connectivity index (χ0) is 51.9. The number of hydrazone groups is 1. The SMILES string of the molecule is C#CC(=O)OCCCOc1ccc(CCOC(=O)C2CCC(C(=O)COCc3ccc(OCc4ccc(OCCCCCCOC(=O)C(=C)C)cc4)c(/C=N/NC4c5ccccc5-c5ccccc54)c3)CC2)cc1. The molecule has 5 aromatic rings. The van der Waals surface area contributed by atoms with Crippen molar-refractivity contribution in [2.75, 3.05) is 39.6 Å². The number of Topliss-reactive ketones (excluding diaryl/α,β-unsaturated/α-hetero) is 1. The number of terminal acetylenes is 1. The molecule has 0 unspecified atom stereocenters. The summed E-state index contributed by atoms with van der Waals surface area (Å²) < 4.78 is 39.7. The monoisotopic (exact) mass is 1000 g/mol. The fourth-order valence-electron chi connectivity index (χ4n) is 8.91. The van der Waals surface area contributed by atoms with E-state index >= 15 is 0 Å². The summed E-state index contributed by atoms with van der Waals surface area (Å²) in [6, 6.07) is 37.8. The minimum absolute atomic E-state index is 0.0240. The highest BCUT2D eigenvalue weighted by Crippen LogP contribution is 2.43. The molecule has 5 aromatic carbocycles. The molecule has 1 N–H and O–H groups in total. The number of carbonyl (C=O) groups excluding carboxylic acids is 4. The molecule has 7 rings (SSSR count). The number of fused-ring (bicyclic) bond motifs is 3. The maximum Gasteiger partial charge on any atom is 0.384 e. The number of carbonyl (C=O) groups is 4. The first-order chi connectivity index (χ1) is 36.1. The van der Waals surface area contributed by atoms with E-state index in [0.29, 0.717) is 82.0 Å². The van der Waals surface area contributed by atoms with Gasteiger partial charge in [-0.25, -0.2) is 9.59 Å². The van der Waals surface area contributed by atoms with Crippen molar-refractivity contribution in [2.24, 2.45) is 16.9 Å². The van der Waals surface area contributed by atoms with Gasteiger partial charge < -0.3 is 33.2 Å². The number of esters is 3. The number of rotatable bonds is 29. The molecule has 0 amide bonds. The van der Waals surface area contributed by atoms with Crippen molar-refractivity contribution in [2.45, 2.75) is 90.4 Å². The van der Waals surface area contributed by atoms with Crippen LogP contribution in [0.3, 0.4) is 0 Å². The molecule has 0 saturated heterocycles. The lowest BCUT2D eigenvalue weighted by Gasteiger charge is -2.26. The Labute approximate surface area is 434 Å². The first-order valence-electron chi connectivity index (χ1n) is 25.5. The summed E-state index contributed by atoms with van der Waals surface area (Å²) in [7, 11) is 0. The first kappa shape index (κ1) is 54.1. The van der Waals surface area contributed by atoms with Gasteiger partial charge in [-0.2, -0.15) is 5.10 Å². The molecule has 0 aliphatic heterocycles. The summed E-state index contributed by atoms with van der Waals surface area (Å²) in [6.45, 7) is 7.60. The molecule has 2 aliphatic carbocycles. The normalized spacial score (nSPS) is 14.8. The van der Waals surface area contributed by atoms with E-state index in [1.54, 1.807) is 13.1 Å². The Kier molecular flexibility index (Phi) is 20.9. The Balaban J connectivity index is 0.859. The molecule has 0 aromatic heterocycles. The summed E-state index contributed by atoms with van der Waals surface area (Å²) in [5.41, 5.74) is 12.1. The van der Waals surface area contributed by atoms with Gasteiger partial charge in [-0.1, -0.05) is 85.4 Å². The highest BCUT2D eigenvalue weighted by atomic mass is 16.5. The smallest absolute Gasteiger partial charge is 0.384 e. The predicted molar refractivity (Wildman–Crippen MR) is 283 cm³/mol. The van der Waals surface area contributed by atoms with Gasteiger partial charge >= 0.3 is 17.9 Å². The fraction of sp³-hybridized carbons (Fsp3) is 0.361. The second-order valence-electron chi connectivity index (χ2n) is 18.5. The Morgan fingerprint density at radius 1 is 0.649 bits per heavy atom. The highest BCUT2D eigenvalue weighted by molar-refractivity contribution is 5.88. The summed E-state index contributed by atoms with van der Waals surface area (Å²) in [6.07, 6.45) is 13.9. The average molecular weight is 1000 g/mol. The molecule has 0 atom stereocenters.